The Kier molecular flexibility index (Phi) is 5.22. The third kappa shape index (κ3) is 3.64. The minimum Gasteiger partial charge on any atom is -0.479 e. The van der Waals surface area contributed by atoms with Gasteiger partial charge in [-0.2, -0.15) is 0 Å². The molecule has 3 heterocycles. The number of carboxylic acid groups (broad SMARTS) is 1. The molecule has 4 rings (SSSR count). The lowest BCUT2D eigenvalue weighted by Crippen LogP contribution is -2.62. The number of rotatable bonds is 5. The average molecular weight is 417 g/mol. The summed E-state index contributed by atoms with van der Waals surface area (Å²) in [5.41, 5.74) is 7.32. The second kappa shape index (κ2) is 7.84. The highest BCUT2D eigenvalue weighted by molar-refractivity contribution is 5.81. The highest BCUT2D eigenvalue weighted by atomic mass is 16.8. The zero-order chi connectivity index (χ0) is 21.4. The first-order valence-corrected chi connectivity index (χ1v) is 8.98. The van der Waals surface area contributed by atoms with Crippen molar-refractivity contribution in [2.75, 3.05) is 5.73 Å². The number of carboxylic acids is 1. The van der Waals surface area contributed by atoms with Gasteiger partial charge in [-0.25, -0.2) is 19.7 Å². The van der Waals surface area contributed by atoms with Gasteiger partial charge in [0.15, 0.2) is 17.4 Å². The first-order chi connectivity index (χ1) is 14.3. The van der Waals surface area contributed by atoms with E-state index in [0.717, 1.165) is 10.3 Å². The van der Waals surface area contributed by atoms with E-state index in [0.29, 0.717) is 12.2 Å². The molecule has 0 aliphatic carbocycles. The highest BCUT2D eigenvalue weighted by Crippen LogP contribution is 2.23. The minimum atomic E-state index is -1.83. The van der Waals surface area contributed by atoms with Crippen LogP contribution in [0.25, 0.3) is 11.2 Å². The summed E-state index contributed by atoms with van der Waals surface area (Å²) in [4.78, 5) is 29.4. The van der Waals surface area contributed by atoms with Crippen molar-refractivity contribution in [1.82, 2.24) is 19.7 Å². The number of aliphatic hydroxyl groups excluding tert-OH is 3. The van der Waals surface area contributed by atoms with Crippen molar-refractivity contribution >= 4 is 23.0 Å². The molecule has 0 radical (unpaired) electrons. The van der Waals surface area contributed by atoms with Crippen LogP contribution in [-0.2, 0) is 16.0 Å². The predicted octanol–water partition coefficient (Wildman–Crippen LogP) is -1.68. The Morgan fingerprint density at radius 3 is 2.57 bits per heavy atom. The number of hydrogen-bond acceptors (Lipinski definition) is 10. The minimum absolute atomic E-state index is 0.109. The molecule has 1 fully saturated rings. The van der Waals surface area contributed by atoms with E-state index in [1.54, 1.807) is 0 Å². The van der Waals surface area contributed by atoms with Gasteiger partial charge in [0.1, 0.15) is 30.5 Å². The van der Waals surface area contributed by atoms with E-state index < -0.39 is 36.7 Å². The number of carbonyl (C=O) groups is 1. The number of imidazole rings is 1. The van der Waals surface area contributed by atoms with E-state index in [4.69, 9.17) is 20.4 Å². The van der Waals surface area contributed by atoms with E-state index in [1.165, 1.54) is 6.33 Å². The molecule has 0 bridgehead atoms. The van der Waals surface area contributed by atoms with Gasteiger partial charge in [-0.3, -0.25) is 0 Å². The third-order valence-electron chi connectivity index (χ3n) is 4.67. The summed E-state index contributed by atoms with van der Waals surface area (Å²) in [6.07, 6.45) is -7.17. The molecule has 1 aliphatic rings. The zero-order valence-corrected chi connectivity index (χ0v) is 15.4. The molecule has 158 valence electrons. The Morgan fingerprint density at radius 1 is 1.13 bits per heavy atom. The predicted molar refractivity (Wildman–Crippen MR) is 99.9 cm³/mol. The fraction of sp³-hybridized carbons (Fsp3) is 0.333. The van der Waals surface area contributed by atoms with Crippen LogP contribution in [0.3, 0.4) is 0 Å². The molecule has 0 unspecified atom stereocenters. The lowest BCUT2D eigenvalue weighted by Gasteiger charge is -2.37. The van der Waals surface area contributed by atoms with Crippen LogP contribution < -0.4 is 10.6 Å². The molecule has 5 atom stereocenters. The number of aliphatic hydroxyl groups is 3. The van der Waals surface area contributed by atoms with Crippen LogP contribution in [0, 0.1) is 0 Å². The molecule has 12 nitrogen and oxygen atoms in total. The second-order valence-corrected chi connectivity index (χ2v) is 6.77. The number of ether oxygens (including phenoxy) is 1. The Hall–Kier alpha value is -3.32. The van der Waals surface area contributed by atoms with E-state index in [2.05, 4.69) is 15.0 Å². The number of nitrogens with zero attached hydrogens (tertiary/aromatic N) is 4. The summed E-state index contributed by atoms with van der Waals surface area (Å²) in [7, 11) is 0. The topological polar surface area (TPSA) is 186 Å². The molecular weight excluding hydrogens is 398 g/mol. The number of benzene rings is 1. The molecule has 1 aromatic carbocycles. The maximum Gasteiger partial charge on any atom is 0.335 e. The Labute approximate surface area is 169 Å². The van der Waals surface area contributed by atoms with Gasteiger partial charge in [-0.1, -0.05) is 30.3 Å². The van der Waals surface area contributed by atoms with Gasteiger partial charge in [-0.15, -0.1) is 4.73 Å². The Bertz CT molecular complexity index is 1060. The van der Waals surface area contributed by atoms with Gasteiger partial charge >= 0.3 is 5.97 Å². The summed E-state index contributed by atoms with van der Waals surface area (Å²) < 4.78 is 6.16. The van der Waals surface area contributed by atoms with Crippen LogP contribution in [0.4, 0.5) is 5.82 Å². The maximum absolute atomic E-state index is 11.3. The molecular formula is C18H19N5O7. The maximum atomic E-state index is 11.3. The first kappa shape index (κ1) is 20.0. The summed E-state index contributed by atoms with van der Waals surface area (Å²) in [6, 6.07) is 9.46. The summed E-state index contributed by atoms with van der Waals surface area (Å²) in [5.74, 6) is -1.02. The van der Waals surface area contributed by atoms with Gasteiger partial charge in [0.25, 0.3) is 6.29 Å². The van der Waals surface area contributed by atoms with Gasteiger partial charge < -0.3 is 35.7 Å². The van der Waals surface area contributed by atoms with Gasteiger partial charge in [0, 0.05) is 6.42 Å². The Morgan fingerprint density at radius 2 is 1.87 bits per heavy atom. The van der Waals surface area contributed by atoms with E-state index in [9.17, 15) is 20.1 Å². The Balaban J connectivity index is 1.63. The summed E-state index contributed by atoms with van der Waals surface area (Å²) >= 11 is 0. The molecule has 0 spiro atoms. The van der Waals surface area contributed by atoms with Crippen LogP contribution in [0.5, 0.6) is 0 Å². The molecule has 0 saturated carbocycles. The van der Waals surface area contributed by atoms with Crippen molar-refractivity contribution in [3.8, 4) is 0 Å². The van der Waals surface area contributed by atoms with Gasteiger partial charge in [-0.05, 0) is 5.56 Å². The molecule has 30 heavy (non-hydrogen) atoms. The fourth-order valence-corrected chi connectivity index (χ4v) is 3.13. The zero-order valence-electron chi connectivity index (χ0n) is 15.4. The molecule has 0 amide bonds. The molecule has 12 heteroatoms. The van der Waals surface area contributed by atoms with Crippen molar-refractivity contribution in [3.63, 3.8) is 0 Å². The number of nitrogens with two attached hydrogens (primary N) is 1. The van der Waals surface area contributed by atoms with Crippen molar-refractivity contribution in [1.29, 1.82) is 0 Å². The van der Waals surface area contributed by atoms with E-state index >= 15 is 0 Å². The number of aromatic nitrogens is 4. The smallest absolute Gasteiger partial charge is 0.335 e. The molecule has 1 aliphatic heterocycles. The lowest BCUT2D eigenvalue weighted by molar-refractivity contribution is -0.292. The molecule has 2 aromatic heterocycles. The summed E-state index contributed by atoms with van der Waals surface area (Å²) in [6.45, 7) is 0. The molecule has 1 saturated heterocycles. The number of nitrogen functional groups attached to an aromatic ring is 1. The normalized spacial score (nSPS) is 26.6. The van der Waals surface area contributed by atoms with Crippen molar-refractivity contribution < 1.29 is 34.8 Å². The van der Waals surface area contributed by atoms with Crippen molar-refractivity contribution in [2.45, 2.75) is 37.1 Å². The van der Waals surface area contributed by atoms with E-state index in [1.807, 2.05) is 30.3 Å². The lowest BCUT2D eigenvalue weighted by atomic mass is 9.99. The monoisotopic (exact) mass is 417 g/mol. The van der Waals surface area contributed by atoms with Crippen LogP contribution in [0.1, 0.15) is 11.4 Å². The highest BCUT2D eigenvalue weighted by Gasteiger charge is 2.48. The van der Waals surface area contributed by atoms with Crippen LogP contribution in [0.2, 0.25) is 0 Å². The van der Waals surface area contributed by atoms with Crippen molar-refractivity contribution in [3.05, 3.63) is 48.0 Å². The van der Waals surface area contributed by atoms with Gasteiger partial charge in [0.05, 0.1) is 0 Å². The molecule has 6 N–H and O–H groups in total. The van der Waals surface area contributed by atoms with Gasteiger partial charge in [0.2, 0.25) is 5.65 Å². The fourth-order valence-electron chi connectivity index (χ4n) is 3.13. The van der Waals surface area contributed by atoms with Crippen molar-refractivity contribution in [2.24, 2.45) is 0 Å². The largest absolute Gasteiger partial charge is 0.479 e. The first-order valence-electron chi connectivity index (χ1n) is 8.98. The number of hydrogen-bond donors (Lipinski definition) is 5. The average Bonchev–Trinajstić information content (AvgIpc) is 3.12. The van der Waals surface area contributed by atoms with Crippen LogP contribution in [-0.4, -0.2) is 76.8 Å². The SMILES string of the molecule is Nc1nc(Cc2ccccc2)nc2c1ncn2O[C@@H]1O[C@H](C(=O)O)[C@@H](O)[C@H](O)[C@H]1O. The van der Waals surface area contributed by atoms with Crippen LogP contribution >= 0.6 is 0 Å². The second-order valence-electron chi connectivity index (χ2n) is 6.77. The van der Waals surface area contributed by atoms with Crippen LogP contribution in [0.15, 0.2) is 36.7 Å². The summed E-state index contributed by atoms with van der Waals surface area (Å²) in [5, 5.41) is 39.0. The van der Waals surface area contributed by atoms with E-state index in [-0.39, 0.29) is 17.0 Å². The third-order valence-corrected chi connectivity index (χ3v) is 4.67. The molecule has 3 aromatic rings. The quantitative estimate of drug-likeness (QED) is 0.319. The number of aliphatic carboxylic acids is 1. The standard InChI is InChI=1S/C18H19N5O7/c19-15-10-16(22-9(21-15)6-8-4-2-1-3-5-8)23(7-20-10)30-18-13(26)11(24)12(25)14(29-18)17(27)28/h1-5,7,11-14,18,24-26H,6H2,(H,27,28)(H2,19,21,22)/t11-,12-,13+,14-,18-/m0/s1. The number of anilines is 1. The number of fused-ring (bicyclic) bond motifs is 1.